The predicted molar refractivity (Wildman–Crippen MR) is 113 cm³/mol. The SMILES string of the molecule is Cc1ccc(S(=O)(=O)OCCCCCCCCCCCCCCCN)cc1. The van der Waals surface area contributed by atoms with Gasteiger partial charge in [0.15, 0.2) is 0 Å². The third-order valence-corrected chi connectivity index (χ3v) is 6.22. The monoisotopic (exact) mass is 397 g/mol. The van der Waals surface area contributed by atoms with Crippen LogP contribution in [0.4, 0.5) is 0 Å². The molecule has 4 nitrogen and oxygen atoms in total. The second-order valence-corrected chi connectivity index (χ2v) is 9.09. The van der Waals surface area contributed by atoms with Gasteiger partial charge in [0.05, 0.1) is 11.5 Å². The third-order valence-electron chi connectivity index (χ3n) is 4.90. The summed E-state index contributed by atoms with van der Waals surface area (Å²) in [5, 5.41) is 0. The molecule has 0 fully saturated rings. The van der Waals surface area contributed by atoms with Gasteiger partial charge in [0, 0.05) is 0 Å². The van der Waals surface area contributed by atoms with E-state index in [2.05, 4.69) is 0 Å². The summed E-state index contributed by atoms with van der Waals surface area (Å²) in [5.41, 5.74) is 6.53. The Bertz CT molecular complexity index is 570. The Kier molecular flexibility index (Phi) is 13.5. The van der Waals surface area contributed by atoms with E-state index < -0.39 is 10.1 Å². The predicted octanol–water partition coefficient (Wildman–Crippen LogP) is 5.73. The molecule has 1 aromatic carbocycles. The van der Waals surface area contributed by atoms with Crippen LogP contribution in [0.1, 0.15) is 89.0 Å². The summed E-state index contributed by atoms with van der Waals surface area (Å²) in [6.45, 7) is 3.04. The normalized spacial score (nSPS) is 11.8. The molecule has 0 bridgehead atoms. The van der Waals surface area contributed by atoms with Crippen LogP contribution in [-0.4, -0.2) is 21.6 Å². The molecule has 0 heterocycles. The van der Waals surface area contributed by atoms with E-state index in [4.69, 9.17) is 9.92 Å². The first-order chi connectivity index (χ1) is 13.1. The number of hydrogen-bond donors (Lipinski definition) is 1. The molecule has 0 saturated heterocycles. The van der Waals surface area contributed by atoms with Crippen molar-refractivity contribution in [2.24, 2.45) is 5.73 Å². The van der Waals surface area contributed by atoms with E-state index in [9.17, 15) is 8.42 Å². The van der Waals surface area contributed by atoms with E-state index in [-0.39, 0.29) is 11.5 Å². The quantitative estimate of drug-likeness (QED) is 0.269. The van der Waals surface area contributed by atoms with Crippen LogP contribution < -0.4 is 5.73 Å². The molecule has 0 amide bonds. The lowest BCUT2D eigenvalue weighted by atomic mass is 10.0. The third kappa shape index (κ3) is 12.2. The van der Waals surface area contributed by atoms with Gasteiger partial charge in [-0.05, 0) is 38.4 Å². The van der Waals surface area contributed by atoms with Crippen molar-refractivity contribution >= 4 is 10.1 Å². The topological polar surface area (TPSA) is 69.4 Å². The summed E-state index contributed by atoms with van der Waals surface area (Å²) in [7, 11) is -3.60. The minimum absolute atomic E-state index is 0.243. The maximum absolute atomic E-state index is 12.0. The minimum atomic E-state index is -3.60. The van der Waals surface area contributed by atoms with Gasteiger partial charge in [0.2, 0.25) is 0 Å². The molecule has 156 valence electrons. The number of aryl methyl sites for hydroxylation is 1. The summed E-state index contributed by atoms with van der Waals surface area (Å²) < 4.78 is 29.2. The fraction of sp³-hybridized carbons (Fsp3) is 0.727. The lowest BCUT2D eigenvalue weighted by Gasteiger charge is -2.06. The molecule has 0 aliphatic heterocycles. The molecule has 1 aromatic rings. The molecule has 0 radical (unpaired) electrons. The largest absolute Gasteiger partial charge is 0.330 e. The fourth-order valence-electron chi connectivity index (χ4n) is 3.13. The first-order valence-electron chi connectivity index (χ1n) is 10.7. The Balaban J connectivity index is 1.91. The van der Waals surface area contributed by atoms with Crippen molar-refractivity contribution in [3.8, 4) is 0 Å². The van der Waals surface area contributed by atoms with Crippen molar-refractivity contribution in [2.45, 2.75) is 95.3 Å². The Morgan fingerprint density at radius 2 is 1.11 bits per heavy atom. The second-order valence-electron chi connectivity index (χ2n) is 7.47. The van der Waals surface area contributed by atoms with E-state index >= 15 is 0 Å². The van der Waals surface area contributed by atoms with Gasteiger partial charge in [-0.3, -0.25) is 4.18 Å². The van der Waals surface area contributed by atoms with Crippen molar-refractivity contribution in [3.05, 3.63) is 29.8 Å². The van der Waals surface area contributed by atoms with Crippen molar-refractivity contribution in [3.63, 3.8) is 0 Å². The van der Waals surface area contributed by atoms with Crippen LogP contribution >= 0.6 is 0 Å². The molecule has 5 heteroatoms. The first-order valence-corrected chi connectivity index (χ1v) is 12.1. The average molecular weight is 398 g/mol. The van der Waals surface area contributed by atoms with Crippen molar-refractivity contribution < 1.29 is 12.6 Å². The number of rotatable bonds is 17. The lowest BCUT2D eigenvalue weighted by Crippen LogP contribution is -2.07. The molecule has 0 atom stereocenters. The molecule has 0 aliphatic rings. The Morgan fingerprint density at radius 1 is 0.704 bits per heavy atom. The lowest BCUT2D eigenvalue weighted by molar-refractivity contribution is 0.306. The van der Waals surface area contributed by atoms with Crippen LogP contribution in [0, 0.1) is 6.92 Å². The molecule has 0 unspecified atom stereocenters. The zero-order chi connectivity index (χ0) is 19.8. The van der Waals surface area contributed by atoms with Gasteiger partial charge in [-0.1, -0.05) is 88.3 Å². The van der Waals surface area contributed by atoms with Gasteiger partial charge in [-0.25, -0.2) is 0 Å². The van der Waals surface area contributed by atoms with E-state index in [1.165, 1.54) is 64.2 Å². The molecule has 0 spiro atoms. The van der Waals surface area contributed by atoms with Gasteiger partial charge >= 0.3 is 0 Å². The number of nitrogens with two attached hydrogens (primary N) is 1. The van der Waals surface area contributed by atoms with Crippen LogP contribution in [-0.2, 0) is 14.3 Å². The highest BCUT2D eigenvalue weighted by Crippen LogP contribution is 2.15. The average Bonchev–Trinajstić information content (AvgIpc) is 2.65. The zero-order valence-corrected chi connectivity index (χ0v) is 17.9. The summed E-state index contributed by atoms with van der Waals surface area (Å²) in [5.74, 6) is 0. The maximum atomic E-state index is 12.0. The van der Waals surface area contributed by atoms with Crippen molar-refractivity contribution in [1.29, 1.82) is 0 Å². The standard InChI is InChI=1S/C22H39NO3S/c1-21-15-17-22(18-16-21)27(24,25)26-20-14-12-10-8-6-4-2-3-5-7-9-11-13-19-23/h15-18H,2-14,19-20,23H2,1H3. The van der Waals surface area contributed by atoms with Crippen LogP contribution in [0.5, 0.6) is 0 Å². The van der Waals surface area contributed by atoms with Gasteiger partial charge in [0.1, 0.15) is 0 Å². The van der Waals surface area contributed by atoms with E-state index in [0.29, 0.717) is 0 Å². The molecular formula is C22H39NO3S. The number of benzene rings is 1. The number of hydrogen-bond acceptors (Lipinski definition) is 4. The summed E-state index contributed by atoms with van der Waals surface area (Å²) in [6, 6.07) is 6.78. The Morgan fingerprint density at radius 3 is 1.56 bits per heavy atom. The highest BCUT2D eigenvalue weighted by molar-refractivity contribution is 7.86. The molecule has 0 aromatic heterocycles. The zero-order valence-electron chi connectivity index (χ0n) is 17.1. The van der Waals surface area contributed by atoms with Gasteiger partial charge < -0.3 is 5.73 Å². The van der Waals surface area contributed by atoms with Crippen molar-refractivity contribution in [1.82, 2.24) is 0 Å². The van der Waals surface area contributed by atoms with Gasteiger partial charge in [0.25, 0.3) is 10.1 Å². The molecule has 27 heavy (non-hydrogen) atoms. The Hall–Kier alpha value is -0.910. The molecule has 0 aliphatic carbocycles. The van der Waals surface area contributed by atoms with Crippen LogP contribution in [0.3, 0.4) is 0 Å². The highest BCUT2D eigenvalue weighted by atomic mass is 32.2. The minimum Gasteiger partial charge on any atom is -0.330 e. The fourth-order valence-corrected chi connectivity index (χ4v) is 4.08. The summed E-state index contributed by atoms with van der Waals surface area (Å²) in [6.07, 6.45) is 16.0. The first kappa shape index (κ1) is 24.1. The molecule has 0 saturated carbocycles. The van der Waals surface area contributed by atoms with E-state index in [1.807, 2.05) is 6.92 Å². The summed E-state index contributed by atoms with van der Waals surface area (Å²) in [4.78, 5) is 0.243. The van der Waals surface area contributed by atoms with Crippen LogP contribution in [0.15, 0.2) is 29.2 Å². The maximum Gasteiger partial charge on any atom is 0.296 e. The molecule has 1 rings (SSSR count). The van der Waals surface area contributed by atoms with Crippen LogP contribution in [0.25, 0.3) is 0 Å². The van der Waals surface area contributed by atoms with Crippen molar-refractivity contribution in [2.75, 3.05) is 13.2 Å². The van der Waals surface area contributed by atoms with E-state index in [0.717, 1.165) is 31.4 Å². The smallest absolute Gasteiger partial charge is 0.296 e. The number of unbranched alkanes of at least 4 members (excludes halogenated alkanes) is 12. The second kappa shape index (κ2) is 15.1. The molecular weight excluding hydrogens is 358 g/mol. The summed E-state index contributed by atoms with van der Waals surface area (Å²) >= 11 is 0. The van der Waals surface area contributed by atoms with Gasteiger partial charge in [-0.15, -0.1) is 0 Å². The van der Waals surface area contributed by atoms with Crippen LogP contribution in [0.2, 0.25) is 0 Å². The molecule has 2 N–H and O–H groups in total. The highest BCUT2D eigenvalue weighted by Gasteiger charge is 2.14. The Labute approximate surface area is 167 Å². The van der Waals surface area contributed by atoms with E-state index in [1.54, 1.807) is 24.3 Å². The van der Waals surface area contributed by atoms with Gasteiger partial charge in [-0.2, -0.15) is 8.42 Å².